The molecule has 35 heavy (non-hydrogen) atoms. The van der Waals surface area contributed by atoms with Crippen LogP contribution in [0.2, 0.25) is 0 Å². The van der Waals surface area contributed by atoms with Crippen molar-refractivity contribution in [3.05, 3.63) is 130 Å². The summed E-state index contributed by atoms with van der Waals surface area (Å²) in [5, 5.41) is 0. The highest BCUT2D eigenvalue weighted by Crippen LogP contribution is 2.36. The molecule has 0 spiro atoms. The van der Waals surface area contributed by atoms with Crippen molar-refractivity contribution in [2.75, 3.05) is 6.54 Å². The molecule has 0 saturated carbocycles. The van der Waals surface area contributed by atoms with Gasteiger partial charge >= 0.3 is 0 Å². The average Bonchev–Trinajstić information content (AvgIpc) is 3.32. The third kappa shape index (κ3) is 5.11. The second kappa shape index (κ2) is 10.6. The second-order valence-electron chi connectivity index (χ2n) is 8.24. The Kier molecular flexibility index (Phi) is 7.57. The van der Waals surface area contributed by atoms with Crippen LogP contribution in [-0.4, -0.2) is 33.5 Å². The van der Waals surface area contributed by atoms with E-state index in [-0.39, 0.29) is 40.9 Å². The summed E-state index contributed by atoms with van der Waals surface area (Å²) in [7, 11) is 0. The molecule has 5 rings (SSSR count). The van der Waals surface area contributed by atoms with Crippen LogP contribution in [0.25, 0.3) is 0 Å². The van der Waals surface area contributed by atoms with Gasteiger partial charge in [-0.25, -0.2) is 8.97 Å². The molecule has 0 saturated heterocycles. The molecule has 0 bridgehead atoms. The van der Waals surface area contributed by atoms with Crippen molar-refractivity contribution in [1.82, 2.24) is 4.57 Å². The minimum absolute atomic E-state index is 0. The number of hydrogen-bond donors (Lipinski definition) is 0. The smallest absolute Gasteiger partial charge is 0.227 e. The summed E-state index contributed by atoms with van der Waals surface area (Å²) in [6, 6.07) is 25.5. The molecule has 7 heteroatoms. The number of Topliss-reactive ketones (excluding diaryl/α,β-unsaturated/α-hetero) is 2. The van der Waals surface area contributed by atoms with Crippen LogP contribution in [0.3, 0.4) is 0 Å². The van der Waals surface area contributed by atoms with Crippen LogP contribution < -0.4 is 17.0 Å². The van der Waals surface area contributed by atoms with E-state index in [1.54, 1.807) is 0 Å². The first-order valence-corrected chi connectivity index (χ1v) is 11.7. The number of nitrogens with zero attached hydrogens (tertiary/aromatic N) is 2. The van der Waals surface area contributed by atoms with Gasteiger partial charge < -0.3 is 21.5 Å². The Labute approximate surface area is 221 Å². The van der Waals surface area contributed by atoms with Crippen LogP contribution in [0.5, 0.6) is 0 Å². The first-order valence-electron chi connectivity index (χ1n) is 10.9. The minimum atomic E-state index is -0.570. The molecule has 0 fully saturated rings. The maximum atomic E-state index is 13.9. The fraction of sp³-hybridized carbons (Fsp3) is 0.107. The second-order valence-corrected chi connectivity index (χ2v) is 9.16. The van der Waals surface area contributed by atoms with Crippen molar-refractivity contribution in [1.29, 1.82) is 0 Å². The largest absolute Gasteiger partial charge is 1.00 e. The summed E-state index contributed by atoms with van der Waals surface area (Å²) in [5.74, 6) is -0.570. The van der Waals surface area contributed by atoms with Crippen LogP contribution in [-0.2, 0) is 0 Å². The molecule has 3 aromatic carbocycles. The van der Waals surface area contributed by atoms with E-state index in [1.165, 1.54) is 24.3 Å². The van der Waals surface area contributed by atoms with E-state index in [0.717, 1.165) is 15.7 Å². The lowest BCUT2D eigenvalue weighted by molar-refractivity contribution is -0.563. The Hall–Kier alpha value is -3.16. The molecule has 1 aliphatic heterocycles. The molecular formula is C28H21Br2FN2O2. The number of halogens is 3. The Balaban J connectivity index is 0.00000289. The van der Waals surface area contributed by atoms with E-state index in [4.69, 9.17) is 0 Å². The molecule has 4 aromatic rings. The fourth-order valence-corrected chi connectivity index (χ4v) is 4.73. The van der Waals surface area contributed by atoms with Gasteiger partial charge in [-0.2, -0.15) is 0 Å². The van der Waals surface area contributed by atoms with Gasteiger partial charge in [-0.1, -0.05) is 58.4 Å². The van der Waals surface area contributed by atoms with Gasteiger partial charge in [0.2, 0.25) is 18.4 Å². The van der Waals surface area contributed by atoms with Gasteiger partial charge in [0, 0.05) is 27.4 Å². The van der Waals surface area contributed by atoms with Crippen molar-refractivity contribution in [3.8, 4) is 0 Å². The molecular weight excluding hydrogens is 575 g/mol. The summed E-state index contributed by atoms with van der Waals surface area (Å²) in [5.41, 5.74) is 2.80. The predicted molar refractivity (Wildman–Crippen MR) is 132 cm³/mol. The SMILES string of the molecule is O=C(C[N+]1=Cc2cccn2[C@H](C(=O)c2ccc(Br)cc2)[C@H]1c1ccccc1)c1ccc(F)cc1.[Br-]. The molecule has 0 N–H and O–H groups in total. The third-order valence-electron chi connectivity index (χ3n) is 6.10. The number of benzene rings is 3. The third-order valence-corrected chi connectivity index (χ3v) is 6.63. The maximum Gasteiger partial charge on any atom is 0.227 e. The molecule has 0 unspecified atom stereocenters. The number of aromatic nitrogens is 1. The summed E-state index contributed by atoms with van der Waals surface area (Å²) in [6.45, 7) is 0.0560. The monoisotopic (exact) mass is 594 g/mol. The zero-order chi connectivity index (χ0) is 23.7. The first-order chi connectivity index (χ1) is 16.5. The predicted octanol–water partition coefficient (Wildman–Crippen LogP) is 2.89. The number of carbonyl (C=O) groups is 2. The fourth-order valence-electron chi connectivity index (χ4n) is 4.47. The van der Waals surface area contributed by atoms with Gasteiger partial charge in [-0.3, -0.25) is 9.59 Å². The highest BCUT2D eigenvalue weighted by atomic mass is 79.9. The molecule has 176 valence electrons. The Morgan fingerprint density at radius 2 is 1.51 bits per heavy atom. The zero-order valence-corrected chi connectivity index (χ0v) is 21.7. The molecule has 0 aliphatic carbocycles. The summed E-state index contributed by atoms with van der Waals surface area (Å²) in [6.07, 6.45) is 3.83. The van der Waals surface area contributed by atoms with Crippen LogP contribution in [0.15, 0.2) is 102 Å². The van der Waals surface area contributed by atoms with E-state index < -0.39 is 12.1 Å². The summed E-state index contributed by atoms with van der Waals surface area (Å²) < 4.78 is 18.2. The van der Waals surface area contributed by atoms with Gasteiger partial charge in [-0.15, -0.1) is 0 Å². The topological polar surface area (TPSA) is 42.1 Å². The molecule has 0 radical (unpaired) electrons. The molecule has 2 heterocycles. The van der Waals surface area contributed by atoms with Gasteiger partial charge in [0.05, 0.1) is 0 Å². The van der Waals surface area contributed by atoms with Crippen molar-refractivity contribution in [3.63, 3.8) is 0 Å². The maximum absolute atomic E-state index is 13.9. The van der Waals surface area contributed by atoms with Gasteiger partial charge in [0.15, 0.2) is 18.0 Å². The Bertz CT molecular complexity index is 1380. The van der Waals surface area contributed by atoms with Crippen molar-refractivity contribution in [2.45, 2.75) is 12.1 Å². The minimum Gasteiger partial charge on any atom is -1.00 e. The lowest BCUT2D eigenvalue weighted by atomic mass is 9.90. The molecule has 4 nitrogen and oxygen atoms in total. The van der Waals surface area contributed by atoms with Crippen LogP contribution in [0.1, 0.15) is 44.1 Å². The van der Waals surface area contributed by atoms with Crippen LogP contribution >= 0.6 is 15.9 Å². The van der Waals surface area contributed by atoms with Crippen molar-refractivity contribution in [2.24, 2.45) is 0 Å². The summed E-state index contributed by atoms with van der Waals surface area (Å²) in [4.78, 5) is 27.0. The van der Waals surface area contributed by atoms with E-state index >= 15 is 0 Å². The van der Waals surface area contributed by atoms with E-state index in [1.807, 2.05) is 88.3 Å². The number of fused-ring (bicyclic) bond motifs is 1. The molecule has 1 aliphatic rings. The number of rotatable bonds is 6. The summed E-state index contributed by atoms with van der Waals surface area (Å²) >= 11 is 3.43. The Morgan fingerprint density at radius 1 is 0.857 bits per heavy atom. The lowest BCUT2D eigenvalue weighted by Gasteiger charge is -2.30. The van der Waals surface area contributed by atoms with Crippen molar-refractivity contribution < 1.29 is 35.5 Å². The highest BCUT2D eigenvalue weighted by Gasteiger charge is 2.43. The van der Waals surface area contributed by atoms with Crippen LogP contribution in [0, 0.1) is 5.82 Å². The Morgan fingerprint density at radius 3 is 2.20 bits per heavy atom. The standard InChI is InChI=1S/C28H21BrFN2O2.BrH/c29-22-12-8-21(9-13-22)28(34)27-26(20-5-2-1-3-6-20)31(17-24-7-4-16-32(24)27)18-25(33)19-10-14-23(30)15-11-19;/h1-17,26-27H,18H2;1H/q+1;/p-1/t26-,27+;/m1./s1. The number of hydrogen-bond acceptors (Lipinski definition) is 2. The van der Waals surface area contributed by atoms with Gasteiger partial charge in [-0.05, 0) is 48.5 Å². The number of carbonyl (C=O) groups excluding carboxylic acids is 2. The van der Waals surface area contributed by atoms with Crippen molar-refractivity contribution >= 4 is 33.7 Å². The van der Waals surface area contributed by atoms with Crippen LogP contribution in [0.4, 0.5) is 4.39 Å². The highest BCUT2D eigenvalue weighted by molar-refractivity contribution is 9.10. The first kappa shape index (κ1) is 24.9. The van der Waals surface area contributed by atoms with E-state index in [9.17, 15) is 14.0 Å². The quantitative estimate of drug-likeness (QED) is 0.254. The zero-order valence-electron chi connectivity index (χ0n) is 18.5. The molecule has 1 aromatic heterocycles. The van der Waals surface area contributed by atoms with E-state index in [0.29, 0.717) is 11.1 Å². The van der Waals surface area contributed by atoms with E-state index in [2.05, 4.69) is 15.9 Å². The normalized spacial score (nSPS) is 16.6. The van der Waals surface area contributed by atoms with Gasteiger partial charge in [0.25, 0.3) is 0 Å². The van der Waals surface area contributed by atoms with Gasteiger partial charge in [0.1, 0.15) is 11.5 Å². The lowest BCUT2D eigenvalue weighted by Crippen LogP contribution is -3.00. The molecule has 0 amide bonds. The average molecular weight is 596 g/mol. The molecule has 2 atom stereocenters. The number of ketones is 2.